The van der Waals surface area contributed by atoms with Gasteiger partial charge < -0.3 is 9.32 Å². The molecule has 10 rings (SSSR count). The standard InChI is InChI=1S/C49H32N2O/c1-3-13-33(14-4-1)34-25-27-38(28-26-34)51(45-23-12-19-37-32-50-48-43-21-9-10-24-46(43)52-49(48)47(37)45)39-29-30-42(44(31-39)36-15-5-2-6-16-36)41-22-11-18-35-17-7-8-20-40(35)41/h1-32H. The average molecular weight is 665 g/mol. The maximum atomic E-state index is 6.63. The van der Waals surface area contributed by atoms with Crippen LogP contribution in [0.15, 0.2) is 199 Å². The van der Waals surface area contributed by atoms with Crippen molar-refractivity contribution in [2.45, 2.75) is 0 Å². The molecular weight excluding hydrogens is 633 g/mol. The van der Waals surface area contributed by atoms with E-state index < -0.39 is 0 Å². The Balaban J connectivity index is 1.24. The number of anilines is 3. The van der Waals surface area contributed by atoms with E-state index >= 15 is 0 Å². The van der Waals surface area contributed by atoms with Gasteiger partial charge in [0.2, 0.25) is 0 Å². The minimum atomic E-state index is 0.788. The molecular formula is C49H32N2O. The molecule has 8 aromatic carbocycles. The number of pyridine rings is 1. The molecule has 0 spiro atoms. The van der Waals surface area contributed by atoms with Crippen molar-refractivity contribution in [2.75, 3.05) is 4.90 Å². The normalized spacial score (nSPS) is 11.5. The van der Waals surface area contributed by atoms with Crippen molar-refractivity contribution >= 4 is 60.7 Å². The van der Waals surface area contributed by atoms with Crippen LogP contribution in [-0.4, -0.2) is 4.98 Å². The Hall–Kier alpha value is -6.97. The SMILES string of the molecule is c1ccc(-c2ccc(N(c3ccc(-c4cccc5ccccc45)c(-c4ccccc4)c3)c3cccc4cnc5c6ccccc6oc5c34)cc2)cc1. The van der Waals surface area contributed by atoms with Gasteiger partial charge in [0, 0.05) is 28.3 Å². The lowest BCUT2D eigenvalue weighted by molar-refractivity contribution is 0.672. The zero-order valence-electron chi connectivity index (χ0n) is 28.3. The smallest absolute Gasteiger partial charge is 0.163 e. The summed E-state index contributed by atoms with van der Waals surface area (Å²) in [6, 6.07) is 66.8. The molecule has 0 saturated heterocycles. The minimum Gasteiger partial charge on any atom is -0.454 e. The predicted octanol–water partition coefficient (Wildman–Crippen LogP) is 13.8. The van der Waals surface area contributed by atoms with Crippen LogP contribution >= 0.6 is 0 Å². The van der Waals surface area contributed by atoms with Gasteiger partial charge in [0.05, 0.1) is 11.1 Å². The number of furan rings is 1. The molecule has 0 amide bonds. The monoisotopic (exact) mass is 664 g/mol. The van der Waals surface area contributed by atoms with E-state index in [0.29, 0.717) is 0 Å². The molecule has 0 aliphatic carbocycles. The zero-order chi connectivity index (χ0) is 34.4. The van der Waals surface area contributed by atoms with Crippen molar-refractivity contribution in [3.05, 3.63) is 194 Å². The fourth-order valence-corrected chi connectivity index (χ4v) is 7.65. The van der Waals surface area contributed by atoms with Crippen molar-refractivity contribution in [1.29, 1.82) is 0 Å². The molecule has 10 aromatic rings. The van der Waals surface area contributed by atoms with Crippen molar-refractivity contribution in [3.8, 4) is 33.4 Å². The van der Waals surface area contributed by atoms with Crippen LogP contribution < -0.4 is 4.90 Å². The van der Waals surface area contributed by atoms with Crippen molar-refractivity contribution < 1.29 is 4.42 Å². The molecule has 0 aliphatic rings. The number of benzene rings is 8. The van der Waals surface area contributed by atoms with Crippen LogP contribution in [0.1, 0.15) is 0 Å². The number of hydrogen-bond donors (Lipinski definition) is 0. The highest BCUT2D eigenvalue weighted by atomic mass is 16.3. The van der Waals surface area contributed by atoms with Crippen LogP contribution in [0.4, 0.5) is 17.1 Å². The lowest BCUT2D eigenvalue weighted by Crippen LogP contribution is -2.11. The highest BCUT2D eigenvalue weighted by Gasteiger charge is 2.22. The van der Waals surface area contributed by atoms with Gasteiger partial charge in [-0.3, -0.25) is 4.98 Å². The fourth-order valence-electron chi connectivity index (χ4n) is 7.65. The maximum absolute atomic E-state index is 6.63. The van der Waals surface area contributed by atoms with Gasteiger partial charge in [-0.15, -0.1) is 0 Å². The molecule has 0 atom stereocenters. The highest BCUT2D eigenvalue weighted by Crippen LogP contribution is 2.46. The summed E-state index contributed by atoms with van der Waals surface area (Å²) < 4.78 is 6.63. The first-order valence-electron chi connectivity index (χ1n) is 17.6. The molecule has 3 heteroatoms. The first kappa shape index (κ1) is 29.9. The topological polar surface area (TPSA) is 29.3 Å². The average Bonchev–Trinajstić information content (AvgIpc) is 3.61. The molecule has 244 valence electrons. The van der Waals surface area contributed by atoms with Crippen molar-refractivity contribution in [2.24, 2.45) is 0 Å². The van der Waals surface area contributed by atoms with Gasteiger partial charge in [-0.05, 0) is 86.6 Å². The summed E-state index contributed by atoms with van der Waals surface area (Å²) in [6.45, 7) is 0. The quantitative estimate of drug-likeness (QED) is 0.177. The van der Waals surface area contributed by atoms with E-state index in [4.69, 9.17) is 9.40 Å². The summed E-state index contributed by atoms with van der Waals surface area (Å²) in [4.78, 5) is 7.26. The van der Waals surface area contributed by atoms with E-state index in [1.165, 1.54) is 33.0 Å². The summed E-state index contributed by atoms with van der Waals surface area (Å²) in [6.07, 6.45) is 1.97. The van der Waals surface area contributed by atoms with Crippen molar-refractivity contribution in [3.63, 3.8) is 0 Å². The maximum Gasteiger partial charge on any atom is 0.163 e. The van der Waals surface area contributed by atoms with E-state index in [1.54, 1.807) is 0 Å². The second-order valence-corrected chi connectivity index (χ2v) is 13.1. The number of para-hydroxylation sites is 1. The number of fused-ring (bicyclic) bond motifs is 6. The van der Waals surface area contributed by atoms with Crippen LogP contribution in [0.5, 0.6) is 0 Å². The first-order valence-corrected chi connectivity index (χ1v) is 17.6. The van der Waals surface area contributed by atoms with E-state index in [1.807, 2.05) is 24.4 Å². The van der Waals surface area contributed by atoms with Crippen LogP contribution in [0.2, 0.25) is 0 Å². The summed E-state index contributed by atoms with van der Waals surface area (Å²) in [5, 5.41) is 5.51. The second kappa shape index (κ2) is 12.4. The molecule has 0 fully saturated rings. The Bertz CT molecular complexity index is 2890. The molecule has 0 unspecified atom stereocenters. The summed E-state index contributed by atoms with van der Waals surface area (Å²) in [5.41, 5.74) is 12.7. The van der Waals surface area contributed by atoms with E-state index in [0.717, 1.165) is 61.0 Å². The van der Waals surface area contributed by atoms with Crippen LogP contribution in [-0.2, 0) is 0 Å². The lowest BCUT2D eigenvalue weighted by Gasteiger charge is -2.28. The first-order chi connectivity index (χ1) is 25.8. The third-order valence-electron chi connectivity index (χ3n) is 10.1. The zero-order valence-corrected chi connectivity index (χ0v) is 28.3. The van der Waals surface area contributed by atoms with E-state index in [9.17, 15) is 0 Å². The molecule has 0 N–H and O–H groups in total. The summed E-state index contributed by atoms with van der Waals surface area (Å²) in [7, 11) is 0. The summed E-state index contributed by atoms with van der Waals surface area (Å²) in [5.74, 6) is 0. The summed E-state index contributed by atoms with van der Waals surface area (Å²) >= 11 is 0. The molecule has 52 heavy (non-hydrogen) atoms. The Kier molecular flexibility index (Phi) is 7.14. The minimum absolute atomic E-state index is 0.788. The van der Waals surface area contributed by atoms with Crippen LogP contribution in [0, 0.1) is 0 Å². The van der Waals surface area contributed by atoms with Crippen molar-refractivity contribution in [1.82, 2.24) is 4.98 Å². The Morgan fingerprint density at radius 2 is 1.06 bits per heavy atom. The molecule has 0 bridgehead atoms. The van der Waals surface area contributed by atoms with E-state index in [-0.39, 0.29) is 0 Å². The number of aromatic nitrogens is 1. The highest BCUT2D eigenvalue weighted by molar-refractivity contribution is 6.17. The number of nitrogens with zero attached hydrogens (tertiary/aromatic N) is 2. The van der Waals surface area contributed by atoms with Gasteiger partial charge >= 0.3 is 0 Å². The van der Waals surface area contributed by atoms with Gasteiger partial charge in [-0.25, -0.2) is 0 Å². The Labute approximate surface area is 301 Å². The lowest BCUT2D eigenvalue weighted by atomic mass is 9.90. The third kappa shape index (κ3) is 5.02. The van der Waals surface area contributed by atoms with Gasteiger partial charge in [0.25, 0.3) is 0 Å². The molecule has 0 radical (unpaired) electrons. The molecule has 2 heterocycles. The largest absolute Gasteiger partial charge is 0.454 e. The third-order valence-corrected chi connectivity index (χ3v) is 10.1. The van der Waals surface area contributed by atoms with Gasteiger partial charge in [0.1, 0.15) is 11.1 Å². The fraction of sp³-hybridized carbons (Fsp3) is 0. The van der Waals surface area contributed by atoms with Gasteiger partial charge in [-0.2, -0.15) is 0 Å². The second-order valence-electron chi connectivity index (χ2n) is 13.1. The Morgan fingerprint density at radius 3 is 1.88 bits per heavy atom. The predicted molar refractivity (Wildman–Crippen MR) is 218 cm³/mol. The van der Waals surface area contributed by atoms with Crippen LogP contribution in [0.25, 0.3) is 77.0 Å². The van der Waals surface area contributed by atoms with Gasteiger partial charge in [-0.1, -0.05) is 146 Å². The number of hydrogen-bond acceptors (Lipinski definition) is 3. The molecule has 0 aliphatic heterocycles. The van der Waals surface area contributed by atoms with Crippen LogP contribution in [0.3, 0.4) is 0 Å². The molecule has 3 nitrogen and oxygen atoms in total. The van der Waals surface area contributed by atoms with E-state index in [2.05, 4.69) is 175 Å². The molecule has 2 aromatic heterocycles. The molecule has 0 saturated carbocycles. The Morgan fingerprint density at radius 1 is 0.423 bits per heavy atom. The number of rotatable bonds is 6. The van der Waals surface area contributed by atoms with Gasteiger partial charge in [0.15, 0.2) is 5.58 Å².